The van der Waals surface area contributed by atoms with Gasteiger partial charge in [0.2, 0.25) is 0 Å². The second-order valence-corrected chi connectivity index (χ2v) is 7.37. The summed E-state index contributed by atoms with van der Waals surface area (Å²) in [6, 6.07) is 0.815. The Morgan fingerprint density at radius 2 is 1.74 bits per heavy atom. The van der Waals surface area contributed by atoms with Gasteiger partial charge in [-0.3, -0.25) is 4.90 Å². The molecule has 3 heteroatoms. The van der Waals surface area contributed by atoms with Crippen LogP contribution in [0, 0.1) is 5.92 Å². The van der Waals surface area contributed by atoms with Crippen molar-refractivity contribution >= 4 is 0 Å². The molecule has 19 heavy (non-hydrogen) atoms. The fraction of sp³-hybridized carbons (Fsp3) is 1.00. The van der Waals surface area contributed by atoms with Crippen LogP contribution in [0.2, 0.25) is 0 Å². The fourth-order valence-electron chi connectivity index (χ4n) is 2.77. The number of nitrogens with one attached hydrogen (secondary N) is 1. The van der Waals surface area contributed by atoms with Crippen LogP contribution in [-0.4, -0.2) is 61.7 Å². The molecule has 2 unspecified atom stereocenters. The van der Waals surface area contributed by atoms with E-state index in [1.54, 1.807) is 0 Å². The predicted octanol–water partition coefficient (Wildman–Crippen LogP) is 2.43. The van der Waals surface area contributed by atoms with Crippen LogP contribution in [0.25, 0.3) is 0 Å². The van der Waals surface area contributed by atoms with Gasteiger partial charge >= 0.3 is 0 Å². The monoisotopic (exact) mass is 269 g/mol. The summed E-state index contributed by atoms with van der Waals surface area (Å²) in [5.74, 6) is 0.855. The van der Waals surface area contributed by atoms with E-state index in [0.717, 1.165) is 12.0 Å². The molecule has 0 radical (unpaired) electrons. The summed E-state index contributed by atoms with van der Waals surface area (Å²) in [5.41, 5.74) is 0.249. The molecule has 114 valence electrons. The molecule has 0 aromatic heterocycles. The van der Waals surface area contributed by atoms with Crippen LogP contribution in [-0.2, 0) is 0 Å². The summed E-state index contributed by atoms with van der Waals surface area (Å²) in [5, 5.41) is 3.68. The van der Waals surface area contributed by atoms with Crippen molar-refractivity contribution in [1.82, 2.24) is 15.1 Å². The van der Waals surface area contributed by atoms with Gasteiger partial charge in [-0.05, 0) is 73.1 Å². The van der Waals surface area contributed by atoms with Gasteiger partial charge in [0, 0.05) is 24.7 Å². The van der Waals surface area contributed by atoms with E-state index in [-0.39, 0.29) is 5.54 Å². The zero-order valence-electron chi connectivity index (χ0n) is 14.0. The van der Waals surface area contributed by atoms with Crippen molar-refractivity contribution in [3.63, 3.8) is 0 Å². The highest BCUT2D eigenvalue weighted by Gasteiger charge is 2.35. The van der Waals surface area contributed by atoms with Crippen LogP contribution in [0.4, 0.5) is 0 Å². The Bertz CT molecular complexity index is 245. The molecule has 0 aliphatic heterocycles. The molecule has 0 aromatic rings. The molecule has 3 nitrogen and oxygen atoms in total. The molecular weight excluding hydrogens is 234 g/mol. The molecule has 1 fully saturated rings. The molecule has 0 aromatic carbocycles. The van der Waals surface area contributed by atoms with E-state index < -0.39 is 0 Å². The van der Waals surface area contributed by atoms with E-state index in [2.05, 4.69) is 56.9 Å². The minimum Gasteiger partial charge on any atom is -0.312 e. The van der Waals surface area contributed by atoms with Crippen molar-refractivity contribution in [3.8, 4) is 0 Å². The summed E-state index contributed by atoms with van der Waals surface area (Å²) in [4.78, 5) is 5.02. The predicted molar refractivity (Wildman–Crippen MR) is 84.7 cm³/mol. The van der Waals surface area contributed by atoms with Crippen molar-refractivity contribution in [2.24, 2.45) is 5.92 Å². The van der Waals surface area contributed by atoms with E-state index in [0.29, 0.717) is 0 Å². The number of rotatable bonds is 8. The van der Waals surface area contributed by atoms with Crippen molar-refractivity contribution in [3.05, 3.63) is 0 Å². The van der Waals surface area contributed by atoms with Crippen LogP contribution >= 0.6 is 0 Å². The van der Waals surface area contributed by atoms with Gasteiger partial charge in [-0.2, -0.15) is 0 Å². The van der Waals surface area contributed by atoms with Crippen molar-refractivity contribution in [2.75, 3.05) is 40.3 Å². The first kappa shape index (κ1) is 16.9. The van der Waals surface area contributed by atoms with Crippen LogP contribution in [0.3, 0.4) is 0 Å². The topological polar surface area (TPSA) is 18.5 Å². The molecule has 0 heterocycles. The highest BCUT2D eigenvalue weighted by molar-refractivity contribution is 4.91. The Kier molecular flexibility index (Phi) is 6.78. The van der Waals surface area contributed by atoms with E-state index in [9.17, 15) is 0 Å². The second-order valence-electron chi connectivity index (χ2n) is 7.37. The minimum absolute atomic E-state index is 0.249. The first-order valence-electron chi connectivity index (χ1n) is 7.97. The maximum absolute atomic E-state index is 3.68. The Morgan fingerprint density at radius 1 is 1.05 bits per heavy atom. The first-order chi connectivity index (χ1) is 8.83. The SMILES string of the molecule is CCCN(CCN(C)C)C1CCC1CNC(C)(C)C. The van der Waals surface area contributed by atoms with Gasteiger partial charge in [-0.15, -0.1) is 0 Å². The highest BCUT2D eigenvalue weighted by atomic mass is 15.2. The smallest absolute Gasteiger partial charge is 0.0136 e. The zero-order valence-corrected chi connectivity index (χ0v) is 14.0. The van der Waals surface area contributed by atoms with Crippen LogP contribution in [0.1, 0.15) is 47.0 Å². The third-order valence-electron chi connectivity index (χ3n) is 4.09. The molecule has 1 N–H and O–H groups in total. The molecule has 1 rings (SSSR count). The average Bonchev–Trinajstić information content (AvgIpc) is 2.23. The third-order valence-corrected chi connectivity index (χ3v) is 4.09. The Labute approximate surface area is 120 Å². The molecule has 1 aliphatic carbocycles. The van der Waals surface area contributed by atoms with Gasteiger partial charge in [0.05, 0.1) is 0 Å². The van der Waals surface area contributed by atoms with Crippen molar-refractivity contribution < 1.29 is 0 Å². The van der Waals surface area contributed by atoms with Crippen LogP contribution < -0.4 is 5.32 Å². The number of likely N-dealkylation sites (N-methyl/N-ethyl adjacent to an activating group) is 1. The fourth-order valence-corrected chi connectivity index (χ4v) is 2.77. The Hall–Kier alpha value is -0.120. The lowest BCUT2D eigenvalue weighted by Crippen LogP contribution is -2.54. The molecular formula is C16H35N3. The lowest BCUT2D eigenvalue weighted by molar-refractivity contribution is 0.0533. The lowest BCUT2D eigenvalue weighted by atomic mass is 9.78. The van der Waals surface area contributed by atoms with E-state index in [1.165, 1.54) is 45.4 Å². The summed E-state index contributed by atoms with van der Waals surface area (Å²) in [6.45, 7) is 13.9. The normalized spacial score (nSPS) is 24.0. The molecule has 0 saturated heterocycles. The zero-order chi connectivity index (χ0) is 14.5. The van der Waals surface area contributed by atoms with Gasteiger partial charge in [-0.25, -0.2) is 0 Å². The second kappa shape index (κ2) is 7.61. The third kappa shape index (κ3) is 6.24. The molecule has 1 aliphatic rings. The van der Waals surface area contributed by atoms with Gasteiger partial charge in [0.25, 0.3) is 0 Å². The quantitative estimate of drug-likeness (QED) is 0.730. The molecule has 1 saturated carbocycles. The van der Waals surface area contributed by atoms with E-state index in [1.807, 2.05) is 0 Å². The largest absolute Gasteiger partial charge is 0.312 e. The molecule has 0 spiro atoms. The molecule has 0 amide bonds. The minimum atomic E-state index is 0.249. The van der Waals surface area contributed by atoms with E-state index >= 15 is 0 Å². The number of hydrogen-bond acceptors (Lipinski definition) is 3. The maximum Gasteiger partial charge on any atom is 0.0136 e. The van der Waals surface area contributed by atoms with Gasteiger partial charge in [-0.1, -0.05) is 6.92 Å². The average molecular weight is 269 g/mol. The summed E-state index contributed by atoms with van der Waals surface area (Å²) >= 11 is 0. The van der Waals surface area contributed by atoms with Crippen molar-refractivity contribution in [1.29, 1.82) is 0 Å². The van der Waals surface area contributed by atoms with Gasteiger partial charge in [0.15, 0.2) is 0 Å². The van der Waals surface area contributed by atoms with Gasteiger partial charge < -0.3 is 10.2 Å². The Balaban J connectivity index is 2.41. The van der Waals surface area contributed by atoms with Crippen LogP contribution in [0.5, 0.6) is 0 Å². The highest BCUT2D eigenvalue weighted by Crippen LogP contribution is 2.32. The number of nitrogens with zero attached hydrogens (tertiary/aromatic N) is 2. The van der Waals surface area contributed by atoms with E-state index in [4.69, 9.17) is 0 Å². The Morgan fingerprint density at radius 3 is 2.16 bits per heavy atom. The molecule has 0 bridgehead atoms. The number of hydrogen-bond donors (Lipinski definition) is 1. The maximum atomic E-state index is 3.68. The summed E-state index contributed by atoms with van der Waals surface area (Å²) < 4.78 is 0. The standard InChI is InChI=1S/C16H35N3/c1-7-10-19(12-11-18(5)6)15-9-8-14(15)13-17-16(2,3)4/h14-15,17H,7-13H2,1-6H3. The summed E-state index contributed by atoms with van der Waals surface area (Å²) in [6.07, 6.45) is 4.06. The lowest BCUT2D eigenvalue weighted by Gasteiger charge is -2.46. The van der Waals surface area contributed by atoms with Crippen LogP contribution in [0.15, 0.2) is 0 Å². The molecule has 2 atom stereocenters. The van der Waals surface area contributed by atoms with Crippen molar-refractivity contribution in [2.45, 2.75) is 58.5 Å². The summed E-state index contributed by atoms with van der Waals surface area (Å²) in [7, 11) is 4.34. The first-order valence-corrected chi connectivity index (χ1v) is 7.97. The van der Waals surface area contributed by atoms with Gasteiger partial charge in [0.1, 0.15) is 0 Å².